The van der Waals surface area contributed by atoms with Gasteiger partial charge in [0.15, 0.2) is 23.0 Å². The summed E-state index contributed by atoms with van der Waals surface area (Å²) in [5, 5.41) is 13.9. The van der Waals surface area contributed by atoms with E-state index in [4.69, 9.17) is 40.0 Å². The molecule has 2 atom stereocenters. The van der Waals surface area contributed by atoms with Crippen molar-refractivity contribution in [3.63, 3.8) is 0 Å². The van der Waals surface area contributed by atoms with E-state index in [0.29, 0.717) is 99.0 Å². The molecule has 17 heteroatoms. The molecular weight excluding hydrogens is 962 g/mol. The topological polar surface area (TPSA) is 144 Å². The van der Waals surface area contributed by atoms with E-state index >= 15 is 0 Å². The smallest absolute Gasteiger partial charge is 0.261 e. The molecule has 4 aliphatic rings. The lowest BCUT2D eigenvalue weighted by molar-refractivity contribution is 0.0264. The number of alkyl halides is 1. The first-order valence-electron chi connectivity index (χ1n) is 23.8. The molecule has 0 saturated carbocycles. The number of phenols is 1. The van der Waals surface area contributed by atoms with Crippen molar-refractivity contribution >= 4 is 79.7 Å². The summed E-state index contributed by atoms with van der Waals surface area (Å²) in [6, 6.07) is 27.1. The van der Waals surface area contributed by atoms with Crippen LogP contribution in [0, 0.1) is 0 Å². The third-order valence-electron chi connectivity index (χ3n) is 13.1. The van der Waals surface area contributed by atoms with E-state index in [1.807, 2.05) is 63.2 Å². The van der Waals surface area contributed by atoms with Crippen LogP contribution in [0.2, 0.25) is 0 Å². The number of amides is 2. The molecule has 9 rings (SSSR count). The van der Waals surface area contributed by atoms with Gasteiger partial charge in [-0.2, -0.15) is 0 Å². The summed E-state index contributed by atoms with van der Waals surface area (Å²) in [6.07, 6.45) is 3.24. The summed E-state index contributed by atoms with van der Waals surface area (Å²) < 4.78 is 34.3. The first-order valence-corrected chi connectivity index (χ1v) is 26.6. The Morgan fingerprint density at radius 2 is 1.56 bits per heavy atom. The van der Waals surface area contributed by atoms with Gasteiger partial charge in [-0.15, -0.1) is 11.6 Å². The Bertz CT molecular complexity index is 2790. The summed E-state index contributed by atoms with van der Waals surface area (Å²) >= 11 is 6.59. The van der Waals surface area contributed by atoms with Gasteiger partial charge in [-0.25, -0.2) is 0 Å². The Morgan fingerprint density at radius 3 is 2.37 bits per heavy atom. The van der Waals surface area contributed by atoms with E-state index in [1.165, 1.54) is 24.3 Å². The molecule has 374 valence electrons. The van der Waals surface area contributed by atoms with Gasteiger partial charge in [0.25, 0.3) is 11.8 Å². The number of anilines is 4. The lowest BCUT2D eigenvalue weighted by Crippen LogP contribution is -2.39. The number of hydrogen-bond donors (Lipinski definition) is 2. The Balaban J connectivity index is 0.895. The summed E-state index contributed by atoms with van der Waals surface area (Å²) in [7, 11) is 8.32. The quantitative estimate of drug-likeness (QED) is 0.0386. The zero-order valence-corrected chi connectivity index (χ0v) is 43.1. The van der Waals surface area contributed by atoms with E-state index in [0.717, 1.165) is 45.9 Å². The van der Waals surface area contributed by atoms with Crippen molar-refractivity contribution in [2.24, 2.45) is 4.99 Å². The van der Waals surface area contributed by atoms with Crippen molar-refractivity contribution < 1.29 is 43.1 Å². The Morgan fingerprint density at radius 1 is 0.817 bits per heavy atom. The molecule has 0 radical (unpaired) electrons. The van der Waals surface area contributed by atoms with E-state index in [9.17, 15) is 14.7 Å². The average molecular weight is 1020 g/mol. The van der Waals surface area contributed by atoms with Crippen LogP contribution < -0.4 is 34.2 Å². The zero-order chi connectivity index (χ0) is 49.6. The number of para-hydroxylation sites is 1. The zero-order valence-electron chi connectivity index (χ0n) is 40.7. The number of rotatable bonds is 22. The molecule has 4 heterocycles. The molecule has 0 spiro atoms. The van der Waals surface area contributed by atoms with Gasteiger partial charge in [0.1, 0.15) is 6.61 Å². The number of halogens is 1. The second kappa shape index (κ2) is 22.4. The summed E-state index contributed by atoms with van der Waals surface area (Å²) in [6.45, 7) is 9.12. The fourth-order valence-electron chi connectivity index (χ4n) is 9.71. The maximum atomic E-state index is 14.1. The summed E-state index contributed by atoms with van der Waals surface area (Å²) in [5.74, 6) is 1.99. The number of methoxy groups -OCH3 is 3. The van der Waals surface area contributed by atoms with Crippen molar-refractivity contribution in [2.45, 2.75) is 61.8 Å². The second-order valence-electron chi connectivity index (χ2n) is 18.4. The molecule has 5 aromatic rings. The van der Waals surface area contributed by atoms with Gasteiger partial charge < -0.3 is 48.6 Å². The van der Waals surface area contributed by atoms with Crippen molar-refractivity contribution in [1.29, 1.82) is 0 Å². The molecule has 0 unspecified atom stereocenters. The van der Waals surface area contributed by atoms with Crippen LogP contribution in [0.4, 0.5) is 28.4 Å². The molecule has 14 nitrogen and oxygen atoms in total. The van der Waals surface area contributed by atoms with Crippen LogP contribution in [0.5, 0.6) is 23.0 Å². The maximum absolute atomic E-state index is 14.1. The maximum Gasteiger partial charge on any atom is 0.261 e. The van der Waals surface area contributed by atoms with Crippen LogP contribution in [0.25, 0.3) is 0 Å². The van der Waals surface area contributed by atoms with E-state index in [1.54, 1.807) is 37.1 Å². The molecule has 4 aliphatic heterocycles. The third-order valence-corrected chi connectivity index (χ3v) is 16.6. The fraction of sp³-hybridized carbons (Fsp3) is 0.389. The molecular formula is C54H60ClN5O9S2. The highest BCUT2D eigenvalue weighted by atomic mass is 35.5. The standard InChI is InChI=1S/C54H60ClN5O9S2/c1-54(2,71-70-32-37-10-8-12-47-41(37)23-40-30-56-44-26-48(61)49(65-4)24-42(44)53(63)60(40)47)33-58(13-14-67-17-18-68-16-15-64-3)38-20-34(28-55)19-35(21-38)31-69-51-27-45-43(25-50(51)66-5)52(62)59-39(29-57-45)22-36-9-6-7-11-46(36)59/h6-12,19-21,24-27,30,39-40,57,61H,13-18,22-23,28-29,31-33H2,1-5H3/t39-,40-/m0/s1. The largest absolute Gasteiger partial charge is 0.504 e. The average Bonchev–Trinajstić information content (AvgIpc) is 3.87. The van der Waals surface area contributed by atoms with Gasteiger partial charge in [-0.3, -0.25) is 19.5 Å². The van der Waals surface area contributed by atoms with Crippen molar-refractivity contribution in [3.05, 3.63) is 124 Å². The fourth-order valence-corrected chi connectivity index (χ4v) is 12.5. The number of nitrogens with one attached hydrogen (secondary N) is 1. The predicted molar refractivity (Wildman–Crippen MR) is 285 cm³/mol. The number of phenolic OH excluding ortho intramolecular Hbond substituents is 1. The molecule has 2 N–H and O–H groups in total. The van der Waals surface area contributed by atoms with Crippen LogP contribution in [0.3, 0.4) is 0 Å². The highest BCUT2D eigenvalue weighted by Gasteiger charge is 2.39. The number of carbonyl (C=O) groups excluding carboxylic acids is 2. The third kappa shape index (κ3) is 11.1. The molecule has 5 aromatic carbocycles. The van der Waals surface area contributed by atoms with Crippen LogP contribution in [-0.2, 0) is 45.3 Å². The molecule has 0 bridgehead atoms. The molecule has 0 saturated heterocycles. The molecule has 0 fully saturated rings. The van der Waals surface area contributed by atoms with E-state index < -0.39 is 0 Å². The lowest BCUT2D eigenvalue weighted by atomic mass is 10.0. The SMILES string of the molecule is COCCOCCOCCN(CC(C)(C)SSCc1cccc2c1C[C@H]1C=Nc3cc(O)c(OC)cc3C(=O)N21)c1cc(CCl)cc(COc2cc3c(cc2OC)C(=O)N2c4ccccc4C[C@H]2CN3)c1. The van der Waals surface area contributed by atoms with E-state index in [2.05, 4.69) is 59.4 Å². The van der Waals surface area contributed by atoms with Crippen molar-refractivity contribution in [1.82, 2.24) is 0 Å². The highest BCUT2D eigenvalue weighted by molar-refractivity contribution is 8.76. The Hall–Kier alpha value is -5.62. The van der Waals surface area contributed by atoms with E-state index in [-0.39, 0.29) is 46.8 Å². The van der Waals surface area contributed by atoms with Crippen LogP contribution in [-0.4, -0.2) is 114 Å². The monoisotopic (exact) mass is 1020 g/mol. The van der Waals surface area contributed by atoms with Gasteiger partial charge in [-0.05, 0) is 84.5 Å². The first kappa shape index (κ1) is 50.3. The number of ether oxygens (including phenoxy) is 6. The number of aromatic hydroxyl groups is 1. The minimum atomic E-state index is -0.246. The van der Waals surface area contributed by atoms with Gasteiger partial charge in [0.05, 0.1) is 81.8 Å². The first-order chi connectivity index (χ1) is 34.5. The number of aliphatic imine (C=N–C) groups is 1. The second-order valence-corrected chi connectivity index (χ2v) is 21.7. The summed E-state index contributed by atoms with van der Waals surface area (Å²) in [4.78, 5) is 38.8. The minimum Gasteiger partial charge on any atom is -0.504 e. The predicted octanol–water partition coefficient (Wildman–Crippen LogP) is 9.86. The Kier molecular flexibility index (Phi) is 15.9. The van der Waals surface area contributed by atoms with Crippen molar-refractivity contribution in [2.75, 3.05) is 94.0 Å². The van der Waals surface area contributed by atoms with Crippen LogP contribution in [0.1, 0.15) is 62.4 Å². The summed E-state index contributed by atoms with van der Waals surface area (Å²) in [5.41, 5.74) is 10.3. The van der Waals surface area contributed by atoms with Gasteiger partial charge in [0, 0.05) is 85.0 Å². The van der Waals surface area contributed by atoms with Crippen molar-refractivity contribution in [3.8, 4) is 23.0 Å². The minimum absolute atomic E-state index is 0.00854. The number of hydrogen-bond acceptors (Lipinski definition) is 14. The normalized spacial score (nSPS) is 16.5. The molecule has 0 aliphatic carbocycles. The van der Waals surface area contributed by atoms with Gasteiger partial charge in [-0.1, -0.05) is 58.0 Å². The number of fused-ring (bicyclic) bond motifs is 8. The lowest BCUT2D eigenvalue weighted by Gasteiger charge is -2.34. The number of nitrogens with zero attached hydrogens (tertiary/aromatic N) is 4. The number of carbonyl (C=O) groups is 2. The Labute approximate surface area is 428 Å². The highest BCUT2D eigenvalue weighted by Crippen LogP contribution is 2.45. The molecule has 2 amide bonds. The molecule has 0 aromatic heterocycles. The van der Waals surface area contributed by atoms with Crippen LogP contribution in [0.15, 0.2) is 89.9 Å². The van der Waals surface area contributed by atoms with Crippen LogP contribution >= 0.6 is 33.2 Å². The molecule has 71 heavy (non-hydrogen) atoms. The van der Waals surface area contributed by atoms with Gasteiger partial charge >= 0.3 is 0 Å². The van der Waals surface area contributed by atoms with Gasteiger partial charge in [0.2, 0.25) is 0 Å². The number of benzene rings is 5.